The molecule has 70 heavy (non-hydrogen) atoms. The molecule has 0 amide bonds. The highest BCUT2D eigenvalue weighted by Gasteiger charge is 2.17. The predicted molar refractivity (Wildman–Crippen MR) is 303 cm³/mol. The molecule has 0 saturated carbocycles. The second-order valence-electron chi connectivity index (χ2n) is 23.0. The minimum atomic E-state index is 0.709. The lowest BCUT2D eigenvalue weighted by Crippen LogP contribution is -2.41. The molecule has 3 aromatic carbocycles. The number of hydrogen-bond acceptors (Lipinski definition) is 4. The number of benzene rings is 3. The summed E-state index contributed by atoms with van der Waals surface area (Å²) >= 11 is 0. The summed E-state index contributed by atoms with van der Waals surface area (Å²) in [5, 5.41) is 0. The third-order valence-electron chi connectivity index (χ3n) is 13.9. The minimum Gasteiger partial charge on any atom is -0.493 e. The highest BCUT2D eigenvalue weighted by Crippen LogP contribution is 2.27. The first-order chi connectivity index (χ1) is 33.5. The second kappa shape index (κ2) is 33.0. The van der Waals surface area contributed by atoms with E-state index in [1.807, 2.05) is 0 Å². The third-order valence-corrected chi connectivity index (χ3v) is 13.9. The Labute approximate surface area is 431 Å². The lowest BCUT2D eigenvalue weighted by atomic mass is 10.1. The van der Waals surface area contributed by atoms with E-state index >= 15 is 0 Å². The zero-order valence-electron chi connectivity index (χ0n) is 47.3. The number of unbranched alkanes of at least 4 members (excludes halogenated alkanes) is 8. The molecule has 0 N–H and O–H groups in total. The molecule has 3 aromatic rings. The van der Waals surface area contributed by atoms with Crippen molar-refractivity contribution < 1.29 is 36.9 Å². The van der Waals surface area contributed by atoms with Gasteiger partial charge >= 0.3 is 0 Å². The molecule has 0 radical (unpaired) electrons. The molecule has 0 aliphatic rings. The van der Waals surface area contributed by atoms with Gasteiger partial charge in [0.25, 0.3) is 0 Å². The fourth-order valence-electron chi connectivity index (χ4n) is 8.94. The molecule has 0 atom stereocenters. The van der Waals surface area contributed by atoms with Gasteiger partial charge in [0.15, 0.2) is 0 Å². The van der Waals surface area contributed by atoms with E-state index in [4.69, 9.17) is 18.9 Å². The largest absolute Gasteiger partial charge is 0.493 e. The molecule has 8 heteroatoms. The van der Waals surface area contributed by atoms with Gasteiger partial charge < -0.3 is 36.9 Å². The van der Waals surface area contributed by atoms with E-state index in [0.717, 1.165) is 115 Å². The summed E-state index contributed by atoms with van der Waals surface area (Å²) in [5.74, 6) is 3.50. The quantitative estimate of drug-likeness (QED) is 0.0323. The fourth-order valence-corrected chi connectivity index (χ4v) is 8.94. The van der Waals surface area contributed by atoms with Crippen LogP contribution in [0, 0.1) is 0 Å². The maximum atomic E-state index is 6.39. The van der Waals surface area contributed by atoms with Crippen LogP contribution in [-0.2, 0) is 0 Å². The van der Waals surface area contributed by atoms with Crippen molar-refractivity contribution >= 4 is 24.3 Å². The van der Waals surface area contributed by atoms with Gasteiger partial charge in [0.2, 0.25) is 0 Å². The van der Waals surface area contributed by atoms with Crippen LogP contribution in [-0.4, -0.2) is 153 Å². The van der Waals surface area contributed by atoms with Crippen LogP contribution in [0.15, 0.2) is 60.7 Å². The van der Waals surface area contributed by atoms with Crippen molar-refractivity contribution in [2.45, 2.75) is 130 Å². The molecule has 0 fully saturated rings. The Morgan fingerprint density at radius 2 is 0.500 bits per heavy atom. The van der Waals surface area contributed by atoms with Gasteiger partial charge in [0, 0.05) is 12.1 Å². The second-order valence-corrected chi connectivity index (χ2v) is 23.0. The lowest BCUT2D eigenvalue weighted by Gasteiger charge is -2.29. The van der Waals surface area contributed by atoms with Crippen LogP contribution in [0.2, 0.25) is 0 Å². The number of rotatable bonds is 40. The van der Waals surface area contributed by atoms with Gasteiger partial charge in [-0.2, -0.15) is 0 Å². The summed E-state index contributed by atoms with van der Waals surface area (Å²) in [6, 6.07) is 21.5. The lowest BCUT2D eigenvalue weighted by molar-refractivity contribution is -0.890. The number of quaternary nitrogens is 4. The van der Waals surface area contributed by atoms with Gasteiger partial charge in [0.05, 0.1) is 135 Å². The van der Waals surface area contributed by atoms with Crippen molar-refractivity contribution in [1.82, 2.24) is 0 Å². The van der Waals surface area contributed by atoms with Crippen molar-refractivity contribution in [1.29, 1.82) is 0 Å². The first-order valence-corrected chi connectivity index (χ1v) is 28.0. The molecule has 0 heterocycles. The average Bonchev–Trinajstić information content (AvgIpc) is 3.32. The van der Waals surface area contributed by atoms with Gasteiger partial charge in [-0.25, -0.2) is 0 Å². The SMILES string of the molecule is CCCC[N+](C)(C)CCCCOc1cc(/C=C/c2ccc(/C=C/c3cc(OCCCC[N+](C)(C)CCCC)cc(OCCCC[N+](C)(C)CCCC)c3)cc2)cc(OCCCC[N+](C)(C)CCCC)c1. The van der Waals surface area contributed by atoms with E-state index in [1.54, 1.807) is 0 Å². The molecule has 0 aromatic heterocycles. The zero-order chi connectivity index (χ0) is 51.1. The maximum Gasteiger partial charge on any atom is 0.123 e. The van der Waals surface area contributed by atoms with E-state index in [-0.39, 0.29) is 0 Å². The van der Waals surface area contributed by atoms with Crippen molar-refractivity contribution in [2.75, 3.05) is 135 Å². The van der Waals surface area contributed by atoms with Crippen LogP contribution in [0.5, 0.6) is 23.0 Å². The van der Waals surface area contributed by atoms with Gasteiger partial charge in [-0.1, -0.05) is 102 Å². The van der Waals surface area contributed by atoms with E-state index in [1.165, 1.54) is 104 Å². The van der Waals surface area contributed by atoms with Crippen molar-refractivity contribution in [3.05, 3.63) is 82.9 Å². The normalized spacial score (nSPS) is 12.6. The summed E-state index contributed by atoms with van der Waals surface area (Å²) in [5.41, 5.74) is 4.45. The Morgan fingerprint density at radius 1 is 0.286 bits per heavy atom. The van der Waals surface area contributed by atoms with Crippen LogP contribution in [0.25, 0.3) is 24.3 Å². The molecule has 394 valence electrons. The van der Waals surface area contributed by atoms with E-state index in [0.29, 0.717) is 26.4 Å². The Hall–Kier alpha value is -3.82. The average molecular weight is 972 g/mol. The maximum absolute atomic E-state index is 6.39. The molecule has 0 saturated heterocycles. The van der Waals surface area contributed by atoms with Gasteiger partial charge in [-0.3, -0.25) is 0 Å². The molecule has 0 spiro atoms. The molecule has 8 nitrogen and oxygen atoms in total. The monoisotopic (exact) mass is 971 g/mol. The van der Waals surface area contributed by atoms with Crippen LogP contribution in [0.1, 0.15) is 153 Å². The molecule has 0 bridgehead atoms. The smallest absolute Gasteiger partial charge is 0.123 e. The van der Waals surface area contributed by atoms with Crippen LogP contribution in [0.4, 0.5) is 0 Å². The first kappa shape index (κ1) is 60.5. The summed E-state index contributed by atoms with van der Waals surface area (Å²) in [4.78, 5) is 0. The molecule has 3 rings (SSSR count). The van der Waals surface area contributed by atoms with Crippen LogP contribution in [0.3, 0.4) is 0 Å². The van der Waals surface area contributed by atoms with Crippen molar-refractivity contribution in [3.8, 4) is 23.0 Å². The van der Waals surface area contributed by atoms with Crippen LogP contribution >= 0.6 is 0 Å². The van der Waals surface area contributed by atoms with E-state index in [2.05, 4.69) is 169 Å². The summed E-state index contributed by atoms with van der Waals surface area (Å²) in [6.07, 6.45) is 27.6. The van der Waals surface area contributed by atoms with E-state index in [9.17, 15) is 0 Å². The number of hydrogen-bond donors (Lipinski definition) is 0. The summed E-state index contributed by atoms with van der Waals surface area (Å²) in [7, 11) is 18.8. The van der Waals surface area contributed by atoms with Crippen LogP contribution < -0.4 is 18.9 Å². The first-order valence-electron chi connectivity index (χ1n) is 28.0. The predicted octanol–water partition coefficient (Wildman–Crippen LogP) is 14.2. The van der Waals surface area contributed by atoms with Crippen molar-refractivity contribution in [3.63, 3.8) is 0 Å². The van der Waals surface area contributed by atoms with Gasteiger partial charge in [-0.15, -0.1) is 0 Å². The fraction of sp³-hybridized carbons (Fsp3) is 0.645. The molecular weight excluding hydrogens is 865 g/mol. The third kappa shape index (κ3) is 27.7. The molecule has 0 unspecified atom stereocenters. The standard InChI is InChI=1S/C62H106N4O4/c1-13-17-37-63(5,6)41-21-25-45-67-59-49-57(50-60(53-59)68-46-26-22-42-64(7,8)38-18-14-2)35-33-55-29-31-56(32-30-55)34-36-58-51-61(69-47-27-23-43-65(9,10)39-19-15-3)54-62(52-58)70-48-28-24-44-66(11,12)40-20-16-4/h29-36,49-54H,13-28,37-48H2,1-12H3/q+4/b35-33+,36-34+. The summed E-state index contributed by atoms with van der Waals surface area (Å²) < 4.78 is 29.9. The van der Waals surface area contributed by atoms with Gasteiger partial charge in [0.1, 0.15) is 23.0 Å². The highest BCUT2D eigenvalue weighted by molar-refractivity contribution is 5.74. The minimum absolute atomic E-state index is 0.709. The Morgan fingerprint density at radius 3 is 0.729 bits per heavy atom. The van der Waals surface area contributed by atoms with Gasteiger partial charge in [-0.05, 0) is 124 Å². The molecule has 0 aliphatic carbocycles. The highest BCUT2D eigenvalue weighted by atomic mass is 16.5. The van der Waals surface area contributed by atoms with Crippen molar-refractivity contribution in [2.24, 2.45) is 0 Å². The Bertz CT molecular complexity index is 1670. The zero-order valence-corrected chi connectivity index (χ0v) is 47.3. The summed E-state index contributed by atoms with van der Waals surface area (Å²) in [6.45, 7) is 21.6. The Kier molecular flexibility index (Phi) is 28.5. The Balaban J connectivity index is 1.69. The molecule has 0 aliphatic heterocycles. The molecular formula is C62H106N4O4+4. The topological polar surface area (TPSA) is 36.9 Å². The number of ether oxygens (including phenoxy) is 4. The van der Waals surface area contributed by atoms with E-state index < -0.39 is 0 Å². The number of nitrogens with zero attached hydrogens (tertiary/aromatic N) is 4.